The van der Waals surface area contributed by atoms with Crippen LogP contribution in [0.1, 0.15) is 26.3 Å². The highest BCUT2D eigenvalue weighted by molar-refractivity contribution is 9.10. The number of nitrogens with zero attached hydrogens (tertiary/aromatic N) is 1. The minimum Gasteiger partial charge on any atom is -0.497 e. The van der Waals surface area contributed by atoms with Crippen LogP contribution in [-0.2, 0) is 16.1 Å². The first-order valence-corrected chi connectivity index (χ1v) is 7.51. The van der Waals surface area contributed by atoms with Crippen LogP contribution in [0.4, 0.5) is 0 Å². The Morgan fingerprint density at radius 1 is 1.38 bits per heavy atom. The maximum atomic E-state index is 12.5. The van der Waals surface area contributed by atoms with Gasteiger partial charge in [0.05, 0.1) is 7.11 Å². The first-order valence-electron chi connectivity index (χ1n) is 6.72. The summed E-state index contributed by atoms with van der Waals surface area (Å²) in [5.74, 6) is 0.483. The quantitative estimate of drug-likeness (QED) is 0.903. The van der Waals surface area contributed by atoms with E-state index in [4.69, 9.17) is 4.74 Å². The second-order valence-corrected chi connectivity index (χ2v) is 6.53. The fourth-order valence-corrected chi connectivity index (χ4v) is 2.71. The summed E-state index contributed by atoms with van der Waals surface area (Å²) in [4.78, 5) is 26.2. The molecule has 1 aromatic carbocycles. The number of hydrogen-bond donors (Lipinski definition) is 1. The van der Waals surface area contributed by atoms with E-state index in [-0.39, 0.29) is 11.8 Å². The number of piperazine rings is 1. The van der Waals surface area contributed by atoms with Crippen molar-refractivity contribution in [2.75, 3.05) is 7.11 Å². The molecule has 6 heteroatoms. The van der Waals surface area contributed by atoms with Crippen LogP contribution in [0.15, 0.2) is 22.7 Å². The molecule has 0 aromatic heterocycles. The summed E-state index contributed by atoms with van der Waals surface area (Å²) in [7, 11) is 1.60. The number of benzene rings is 1. The maximum Gasteiger partial charge on any atom is 0.248 e. The molecule has 5 nitrogen and oxygen atoms in total. The molecular formula is C15H19BrN2O3. The molecule has 1 atom stereocenters. The van der Waals surface area contributed by atoms with E-state index in [1.165, 1.54) is 0 Å². The van der Waals surface area contributed by atoms with Gasteiger partial charge in [-0.15, -0.1) is 0 Å². The molecule has 0 spiro atoms. The lowest BCUT2D eigenvalue weighted by molar-refractivity contribution is -0.153. The van der Waals surface area contributed by atoms with Crippen molar-refractivity contribution in [3.63, 3.8) is 0 Å². The molecule has 1 aliphatic rings. The number of amides is 2. The van der Waals surface area contributed by atoms with Crippen LogP contribution in [-0.4, -0.2) is 35.4 Å². The van der Waals surface area contributed by atoms with Gasteiger partial charge in [0.25, 0.3) is 0 Å². The van der Waals surface area contributed by atoms with Crippen LogP contribution in [0, 0.1) is 0 Å². The average Bonchev–Trinajstić information content (AvgIpc) is 2.43. The Labute approximate surface area is 132 Å². The van der Waals surface area contributed by atoms with E-state index in [2.05, 4.69) is 21.2 Å². The first kappa shape index (κ1) is 15.8. The van der Waals surface area contributed by atoms with Gasteiger partial charge in [0, 0.05) is 11.0 Å². The third-order valence-corrected chi connectivity index (χ3v) is 4.45. The third kappa shape index (κ3) is 3.05. The fraction of sp³-hybridized carbons (Fsp3) is 0.467. The minimum absolute atomic E-state index is 0.0932. The number of hydrogen-bond acceptors (Lipinski definition) is 3. The van der Waals surface area contributed by atoms with Crippen LogP contribution in [0.3, 0.4) is 0 Å². The second-order valence-electron chi connectivity index (χ2n) is 5.68. The molecule has 0 aliphatic carbocycles. The van der Waals surface area contributed by atoms with Crippen molar-refractivity contribution in [2.45, 2.75) is 38.9 Å². The Morgan fingerprint density at radius 2 is 2.05 bits per heavy atom. The average molecular weight is 355 g/mol. The summed E-state index contributed by atoms with van der Waals surface area (Å²) in [6.07, 6.45) is 0. The van der Waals surface area contributed by atoms with Crippen LogP contribution < -0.4 is 10.1 Å². The van der Waals surface area contributed by atoms with Gasteiger partial charge < -0.3 is 15.0 Å². The third-order valence-electron chi connectivity index (χ3n) is 3.67. The Balaban J connectivity index is 2.32. The molecule has 2 rings (SSSR count). The second kappa shape index (κ2) is 5.67. The van der Waals surface area contributed by atoms with E-state index in [9.17, 15) is 9.59 Å². The number of methoxy groups -OCH3 is 1. The summed E-state index contributed by atoms with van der Waals surface area (Å²) in [5, 5.41) is 2.74. The fourth-order valence-electron chi connectivity index (χ4n) is 2.33. The van der Waals surface area contributed by atoms with Crippen LogP contribution in [0.25, 0.3) is 0 Å². The Morgan fingerprint density at radius 3 is 2.67 bits per heavy atom. The van der Waals surface area contributed by atoms with Gasteiger partial charge in [-0.05, 0) is 44.5 Å². The Kier molecular flexibility index (Phi) is 4.27. The topological polar surface area (TPSA) is 58.6 Å². The van der Waals surface area contributed by atoms with E-state index in [0.29, 0.717) is 12.3 Å². The molecule has 1 N–H and O–H groups in total. The highest BCUT2D eigenvalue weighted by Gasteiger charge is 2.43. The molecule has 2 amide bonds. The van der Waals surface area contributed by atoms with Crippen LogP contribution in [0.2, 0.25) is 0 Å². The van der Waals surface area contributed by atoms with E-state index >= 15 is 0 Å². The number of nitrogens with one attached hydrogen (secondary N) is 1. The van der Waals surface area contributed by atoms with Crippen LogP contribution in [0.5, 0.6) is 5.75 Å². The van der Waals surface area contributed by atoms with Gasteiger partial charge in [-0.25, -0.2) is 0 Å². The molecule has 0 bridgehead atoms. The standard InChI is InChI=1S/C15H19BrN2O3/c1-9-13(19)17-15(2,3)14(20)18(9)8-10-7-11(21-4)5-6-12(10)16/h5-7,9H,8H2,1-4H3,(H,17,19). The predicted molar refractivity (Wildman–Crippen MR) is 82.9 cm³/mol. The van der Waals surface area contributed by atoms with Crippen LogP contribution >= 0.6 is 15.9 Å². The molecule has 0 radical (unpaired) electrons. The molecule has 1 heterocycles. The summed E-state index contributed by atoms with van der Waals surface area (Å²) in [6.45, 7) is 5.52. The molecule has 1 aromatic rings. The number of rotatable bonds is 3. The van der Waals surface area contributed by atoms with Gasteiger partial charge in [-0.1, -0.05) is 15.9 Å². The van der Waals surface area contributed by atoms with E-state index in [0.717, 1.165) is 10.0 Å². The van der Waals surface area contributed by atoms with Gasteiger partial charge in [-0.2, -0.15) is 0 Å². The monoisotopic (exact) mass is 354 g/mol. The molecule has 21 heavy (non-hydrogen) atoms. The Hall–Kier alpha value is -1.56. The summed E-state index contributed by atoms with van der Waals surface area (Å²) in [5.41, 5.74) is 0.0228. The van der Waals surface area contributed by atoms with Gasteiger partial charge in [0.1, 0.15) is 17.3 Å². The van der Waals surface area contributed by atoms with Crippen molar-refractivity contribution in [1.29, 1.82) is 0 Å². The van der Waals surface area contributed by atoms with Crippen molar-refractivity contribution in [3.05, 3.63) is 28.2 Å². The zero-order valence-corrected chi connectivity index (χ0v) is 14.2. The largest absolute Gasteiger partial charge is 0.497 e. The zero-order valence-electron chi connectivity index (χ0n) is 12.6. The SMILES string of the molecule is COc1ccc(Br)c(CN2C(=O)C(C)(C)NC(=O)C2C)c1. The van der Waals surface area contributed by atoms with Gasteiger partial charge in [0.2, 0.25) is 11.8 Å². The molecule has 1 aliphatic heterocycles. The van der Waals surface area contributed by atoms with Crippen molar-refractivity contribution >= 4 is 27.7 Å². The molecule has 114 valence electrons. The van der Waals surface area contributed by atoms with Gasteiger partial charge in [0.15, 0.2) is 0 Å². The van der Waals surface area contributed by atoms with E-state index in [1.54, 1.807) is 32.8 Å². The number of carbonyl (C=O) groups is 2. The molecule has 1 fully saturated rings. The van der Waals surface area contributed by atoms with E-state index in [1.807, 2.05) is 18.2 Å². The van der Waals surface area contributed by atoms with Gasteiger partial charge in [-0.3, -0.25) is 9.59 Å². The smallest absolute Gasteiger partial charge is 0.248 e. The number of ether oxygens (including phenoxy) is 1. The number of halogens is 1. The van der Waals surface area contributed by atoms with Gasteiger partial charge >= 0.3 is 0 Å². The molecule has 0 saturated carbocycles. The zero-order chi connectivity index (χ0) is 15.8. The normalized spacial score (nSPS) is 21.2. The highest BCUT2D eigenvalue weighted by Crippen LogP contribution is 2.27. The summed E-state index contributed by atoms with van der Waals surface area (Å²) in [6, 6.07) is 5.08. The summed E-state index contributed by atoms with van der Waals surface area (Å²) >= 11 is 3.48. The van der Waals surface area contributed by atoms with Crippen molar-refractivity contribution in [2.24, 2.45) is 0 Å². The first-order chi connectivity index (χ1) is 9.76. The minimum atomic E-state index is -0.880. The molecular weight excluding hydrogens is 336 g/mol. The lowest BCUT2D eigenvalue weighted by Gasteiger charge is -2.41. The van der Waals surface area contributed by atoms with Crippen molar-refractivity contribution in [3.8, 4) is 5.75 Å². The van der Waals surface area contributed by atoms with Crippen molar-refractivity contribution < 1.29 is 14.3 Å². The molecule has 1 saturated heterocycles. The predicted octanol–water partition coefficient (Wildman–Crippen LogP) is 2.08. The maximum absolute atomic E-state index is 12.5. The highest BCUT2D eigenvalue weighted by atomic mass is 79.9. The molecule has 1 unspecified atom stereocenters. The number of carbonyl (C=O) groups excluding carboxylic acids is 2. The van der Waals surface area contributed by atoms with E-state index < -0.39 is 11.6 Å². The summed E-state index contributed by atoms with van der Waals surface area (Å²) < 4.78 is 6.09. The Bertz CT molecular complexity index is 586. The lowest BCUT2D eigenvalue weighted by atomic mass is 9.97. The van der Waals surface area contributed by atoms with Crippen molar-refractivity contribution in [1.82, 2.24) is 10.2 Å². The lowest BCUT2D eigenvalue weighted by Crippen LogP contribution is -2.66.